The first-order chi connectivity index (χ1) is 35.6. The van der Waals surface area contributed by atoms with Gasteiger partial charge in [-0.3, -0.25) is 57.7 Å². The van der Waals surface area contributed by atoms with Gasteiger partial charge in [0.15, 0.2) is 5.96 Å². The smallest absolute Gasteiger partial charge is 0.326 e. The Bertz CT molecular complexity index is 2240. The molecule has 21 N–H and O–H groups in total. The second-order valence-corrected chi connectivity index (χ2v) is 19.0. The van der Waals surface area contributed by atoms with Gasteiger partial charge in [0.2, 0.25) is 59.1 Å². The fraction of sp³-hybridized carbons (Fsp3) is 0.644. The van der Waals surface area contributed by atoms with Crippen LogP contribution in [0.3, 0.4) is 0 Å². The van der Waals surface area contributed by atoms with Crippen LogP contribution < -0.4 is 65.9 Å². The summed E-state index contributed by atoms with van der Waals surface area (Å²) in [5.74, 6) is -13.8. The zero-order valence-corrected chi connectivity index (χ0v) is 42.9. The molecule has 31 heteroatoms. The number of aliphatic carboxylic acids is 2. The van der Waals surface area contributed by atoms with E-state index in [-0.39, 0.29) is 81.5 Å². The van der Waals surface area contributed by atoms with E-state index in [9.17, 15) is 72.9 Å². The summed E-state index contributed by atoms with van der Waals surface area (Å²) in [6.45, 7) is 5.75. The van der Waals surface area contributed by atoms with Gasteiger partial charge < -0.3 is 91.1 Å². The highest BCUT2D eigenvalue weighted by Crippen LogP contribution is 2.20. The number of likely N-dealkylation sites (tertiary alicyclic amines) is 1. The topological polar surface area (TPSA) is 524 Å². The number of nitrogens with one attached hydrogen (secondary N) is 8. The highest BCUT2D eigenvalue weighted by Gasteiger charge is 2.40. The van der Waals surface area contributed by atoms with Crippen LogP contribution in [-0.4, -0.2) is 181 Å². The SMILES string of the molecule is CC(C)C[C@H](NC(=O)[C@H](CC(=O)O)NC(=O)[C@H](CC(C)C)NC(=O)[C@H](CCC(N)=O)NC(=O)[C@@H](N)CCCN=C(N)N)C(=O)N[C@@H](CO)C(=O)N[C@@H](Cc1cnc[nH]1)C(=O)N[C@@H](CC(N)=O)C(=O)N1CCC[C@H]1C(=O)O. The summed E-state index contributed by atoms with van der Waals surface area (Å²) in [5, 5.41) is 46.4. The number of aromatic amines is 1. The Balaban J connectivity index is 2.34. The third-order valence-electron chi connectivity index (χ3n) is 11.6. The summed E-state index contributed by atoms with van der Waals surface area (Å²) in [7, 11) is 0. The van der Waals surface area contributed by atoms with E-state index >= 15 is 0 Å². The van der Waals surface area contributed by atoms with Crippen molar-refractivity contribution >= 4 is 77.0 Å². The molecule has 0 saturated carbocycles. The molecule has 76 heavy (non-hydrogen) atoms. The van der Waals surface area contributed by atoms with Crippen LogP contribution in [0.2, 0.25) is 0 Å². The van der Waals surface area contributed by atoms with Crippen LogP contribution in [0, 0.1) is 11.8 Å². The number of aliphatic hydroxyl groups is 1. The molecule has 1 aliphatic rings. The summed E-state index contributed by atoms with van der Waals surface area (Å²) in [4.78, 5) is 169. The molecule has 1 saturated heterocycles. The standard InChI is InChI=1S/C45H74N16O15/c1-21(2)13-26(55-37(68)25(9-10-33(47)63)54-36(67)24(46)7-5-11-52-45(49)50)38(69)58-29(17-35(65)66)41(72)56-27(14-22(3)4)39(70)60-31(19-62)42(73)57-28(15-23-18-51-20-53-23)40(71)59-30(16-34(48)64)43(74)61-12-6-8-32(61)44(75)76/h18,20-22,24-32,62H,5-17,19,46H2,1-4H3,(H2,47,63)(H2,48,64)(H,51,53)(H,54,67)(H,55,68)(H,56,72)(H,57,73)(H,58,69)(H,59,71)(H,60,70)(H,65,66)(H,75,76)(H4,49,50,52)/t24-,25-,26-,27-,28-,29-,30-,31-,32-/m0/s1. The summed E-state index contributed by atoms with van der Waals surface area (Å²) >= 11 is 0. The number of hydrogen-bond acceptors (Lipinski definition) is 16. The average molecular weight is 1080 g/mol. The lowest BCUT2D eigenvalue weighted by molar-refractivity contribution is -0.149. The van der Waals surface area contributed by atoms with E-state index in [4.69, 9.17) is 28.7 Å². The number of H-pyrrole nitrogens is 1. The Morgan fingerprint density at radius 3 is 1.67 bits per heavy atom. The number of primary amides is 2. The Morgan fingerprint density at radius 2 is 1.17 bits per heavy atom. The molecule has 1 aromatic rings. The van der Waals surface area contributed by atoms with Gasteiger partial charge in [0.25, 0.3) is 0 Å². The van der Waals surface area contributed by atoms with Crippen LogP contribution in [0.4, 0.5) is 0 Å². The molecule has 0 unspecified atom stereocenters. The lowest BCUT2D eigenvalue weighted by Crippen LogP contribution is -2.61. The number of nitrogens with zero attached hydrogens (tertiary/aromatic N) is 3. The fourth-order valence-corrected chi connectivity index (χ4v) is 7.82. The van der Waals surface area contributed by atoms with Crippen LogP contribution >= 0.6 is 0 Å². The normalized spacial score (nSPS) is 16.3. The second kappa shape index (κ2) is 31.7. The quantitative estimate of drug-likeness (QED) is 0.0173. The molecule has 10 amide bonds. The third kappa shape index (κ3) is 22.7. The van der Waals surface area contributed by atoms with Crippen molar-refractivity contribution in [3.05, 3.63) is 18.2 Å². The molecule has 0 bridgehead atoms. The maximum atomic E-state index is 13.9. The minimum Gasteiger partial charge on any atom is -0.481 e. The zero-order chi connectivity index (χ0) is 57.4. The van der Waals surface area contributed by atoms with Gasteiger partial charge in [-0.25, -0.2) is 9.78 Å². The minimum absolute atomic E-state index is 0.00697. The number of carbonyl (C=O) groups is 12. The van der Waals surface area contributed by atoms with Crippen LogP contribution in [0.15, 0.2) is 17.5 Å². The number of hydrogen-bond donors (Lipinski definition) is 16. The molecule has 0 aromatic carbocycles. The number of imidazole rings is 1. The van der Waals surface area contributed by atoms with E-state index in [0.29, 0.717) is 12.8 Å². The lowest BCUT2D eigenvalue weighted by Gasteiger charge is -2.29. The molecule has 1 aromatic heterocycles. The summed E-state index contributed by atoms with van der Waals surface area (Å²) in [5.41, 5.74) is 27.6. The monoisotopic (exact) mass is 1080 g/mol. The molecule has 1 fully saturated rings. The van der Waals surface area contributed by atoms with Crippen molar-refractivity contribution in [1.29, 1.82) is 0 Å². The number of carbonyl (C=O) groups excluding carboxylic acids is 10. The maximum Gasteiger partial charge on any atom is 0.326 e. The van der Waals surface area contributed by atoms with E-state index in [0.717, 1.165) is 4.90 Å². The van der Waals surface area contributed by atoms with Crippen molar-refractivity contribution in [3.63, 3.8) is 0 Å². The molecule has 0 radical (unpaired) electrons. The Kier molecular flexibility index (Phi) is 26.8. The van der Waals surface area contributed by atoms with E-state index in [1.54, 1.807) is 27.7 Å². The summed E-state index contributed by atoms with van der Waals surface area (Å²) in [6, 6.07) is -13.9. The van der Waals surface area contributed by atoms with Gasteiger partial charge in [-0.15, -0.1) is 0 Å². The van der Waals surface area contributed by atoms with Gasteiger partial charge in [0.1, 0.15) is 48.3 Å². The molecule has 2 heterocycles. The maximum absolute atomic E-state index is 13.9. The number of carboxylic acid groups (broad SMARTS) is 2. The fourth-order valence-electron chi connectivity index (χ4n) is 7.82. The first-order valence-electron chi connectivity index (χ1n) is 24.5. The number of aliphatic hydroxyl groups excluding tert-OH is 1. The number of carboxylic acids is 2. The molecular formula is C45H74N16O15. The first kappa shape index (κ1) is 64.2. The number of aromatic nitrogens is 2. The van der Waals surface area contributed by atoms with Gasteiger partial charge in [-0.05, 0) is 56.8 Å². The van der Waals surface area contributed by atoms with Gasteiger partial charge in [0.05, 0.1) is 31.8 Å². The minimum atomic E-state index is -1.90. The van der Waals surface area contributed by atoms with Gasteiger partial charge in [-0.2, -0.15) is 0 Å². The van der Waals surface area contributed by atoms with E-state index in [2.05, 4.69) is 52.2 Å². The van der Waals surface area contributed by atoms with Gasteiger partial charge >= 0.3 is 11.9 Å². The predicted molar refractivity (Wildman–Crippen MR) is 267 cm³/mol. The van der Waals surface area contributed by atoms with Crippen LogP contribution in [-0.2, 0) is 64.0 Å². The zero-order valence-electron chi connectivity index (χ0n) is 42.9. The third-order valence-corrected chi connectivity index (χ3v) is 11.6. The van der Waals surface area contributed by atoms with Crippen LogP contribution in [0.5, 0.6) is 0 Å². The summed E-state index contributed by atoms with van der Waals surface area (Å²) < 4.78 is 0. The number of amides is 10. The van der Waals surface area contributed by atoms with Crippen molar-refractivity contribution in [2.75, 3.05) is 19.7 Å². The first-order valence-corrected chi connectivity index (χ1v) is 24.5. The van der Waals surface area contributed by atoms with Crippen molar-refractivity contribution in [3.8, 4) is 0 Å². The lowest BCUT2D eigenvalue weighted by atomic mass is 10.0. The van der Waals surface area contributed by atoms with Crippen molar-refractivity contribution in [2.45, 2.75) is 153 Å². The molecule has 31 nitrogen and oxygen atoms in total. The Hall–Kier alpha value is -7.96. The van der Waals surface area contributed by atoms with Crippen LogP contribution in [0.25, 0.3) is 0 Å². The molecular weight excluding hydrogens is 1000 g/mol. The van der Waals surface area contributed by atoms with Crippen molar-refractivity contribution in [2.24, 2.45) is 45.5 Å². The molecule has 424 valence electrons. The molecule has 9 atom stereocenters. The second-order valence-electron chi connectivity index (χ2n) is 19.0. The number of guanidine groups is 1. The average Bonchev–Trinajstić information content (AvgIpc) is 4.04. The Morgan fingerprint density at radius 1 is 0.671 bits per heavy atom. The molecule has 0 spiro atoms. The molecule has 1 aliphatic heterocycles. The number of aliphatic imine (C=N–C) groups is 1. The van der Waals surface area contributed by atoms with Gasteiger partial charge in [0, 0.05) is 37.8 Å². The molecule has 0 aliphatic carbocycles. The van der Waals surface area contributed by atoms with Crippen LogP contribution in [0.1, 0.15) is 97.6 Å². The Labute approximate surface area is 437 Å². The van der Waals surface area contributed by atoms with Crippen molar-refractivity contribution in [1.82, 2.24) is 52.1 Å². The highest BCUT2D eigenvalue weighted by molar-refractivity contribution is 5.99. The van der Waals surface area contributed by atoms with E-state index in [1.165, 1.54) is 12.5 Å². The number of nitrogens with two attached hydrogens (primary N) is 5. The summed E-state index contributed by atoms with van der Waals surface area (Å²) in [6.07, 6.45) is 0.325. The van der Waals surface area contributed by atoms with Gasteiger partial charge in [-0.1, -0.05) is 27.7 Å². The molecule has 2 rings (SSSR count). The van der Waals surface area contributed by atoms with E-state index < -0.39 is 145 Å². The largest absolute Gasteiger partial charge is 0.481 e. The predicted octanol–water partition coefficient (Wildman–Crippen LogP) is -6.50. The highest BCUT2D eigenvalue weighted by atomic mass is 16.4. The van der Waals surface area contributed by atoms with Crippen molar-refractivity contribution < 1.29 is 72.9 Å². The van der Waals surface area contributed by atoms with E-state index in [1.807, 2.05) is 0 Å². The number of rotatable bonds is 34.